The van der Waals surface area contributed by atoms with Crippen LogP contribution in [0.3, 0.4) is 0 Å². The third-order valence-corrected chi connectivity index (χ3v) is 4.91. The first-order chi connectivity index (χ1) is 15.0. The Bertz CT molecular complexity index is 1010. The van der Waals surface area contributed by atoms with E-state index in [1.807, 2.05) is 18.2 Å². The second-order valence-electron chi connectivity index (χ2n) is 6.96. The Kier molecular flexibility index (Phi) is 8.15. The number of ether oxygens (including phenoxy) is 1. The summed E-state index contributed by atoms with van der Waals surface area (Å²) >= 11 is 6.02. The maximum Gasteiger partial charge on any atom is 0.317 e. The Balaban J connectivity index is 1.73. The Hall–Kier alpha value is -3.22. The lowest BCUT2D eigenvalue weighted by Crippen LogP contribution is -2.24. The lowest BCUT2D eigenvalue weighted by Gasteiger charge is -2.20. The molecule has 0 radical (unpaired) electrons. The second-order valence-corrected chi connectivity index (χ2v) is 7.40. The quantitative estimate of drug-likeness (QED) is 0.337. The fourth-order valence-corrected chi connectivity index (χ4v) is 3.25. The Morgan fingerprint density at radius 1 is 1.03 bits per heavy atom. The van der Waals surface area contributed by atoms with Crippen molar-refractivity contribution < 1.29 is 19.4 Å². The van der Waals surface area contributed by atoms with Crippen molar-refractivity contribution in [2.24, 2.45) is 0 Å². The first kappa shape index (κ1) is 22.5. The van der Waals surface area contributed by atoms with E-state index < -0.39 is 5.97 Å². The highest BCUT2D eigenvalue weighted by Gasteiger charge is 2.15. The number of aliphatic carboxylic acids is 1. The minimum atomic E-state index is -0.888. The summed E-state index contributed by atoms with van der Waals surface area (Å²) in [5.74, 6) is -0.409. The molecular formula is C24H23ClN2O4. The number of hydrogen-bond acceptors (Lipinski definition) is 5. The molecule has 0 aliphatic carbocycles. The molecule has 31 heavy (non-hydrogen) atoms. The molecule has 0 aliphatic rings. The largest absolute Gasteiger partial charge is 0.486 e. The molecule has 1 heterocycles. The van der Waals surface area contributed by atoms with Crippen LogP contribution in [0.2, 0.25) is 5.02 Å². The number of rotatable bonds is 11. The zero-order valence-electron chi connectivity index (χ0n) is 16.8. The maximum atomic E-state index is 12.7. The standard InChI is InChI=1S/C24H23ClN2O4/c25-20-8-6-17(7-9-20)22(5-2-12-27-16-23(28)29)31-21-4-1-3-19(15-21)24(30)18-10-13-26-14-11-18/h1,3-4,6-11,13-15,22,27H,2,5,12,16H2,(H,28,29). The average molecular weight is 439 g/mol. The van der Waals surface area contributed by atoms with E-state index >= 15 is 0 Å². The molecule has 0 saturated carbocycles. The first-order valence-corrected chi connectivity index (χ1v) is 10.3. The van der Waals surface area contributed by atoms with Crippen LogP contribution in [0.4, 0.5) is 0 Å². The second kappa shape index (κ2) is 11.2. The zero-order chi connectivity index (χ0) is 22.1. The number of carboxylic acid groups (broad SMARTS) is 1. The van der Waals surface area contributed by atoms with Crippen LogP contribution in [0.1, 0.15) is 40.4 Å². The zero-order valence-corrected chi connectivity index (χ0v) is 17.6. The molecule has 1 atom stereocenters. The molecule has 3 rings (SSSR count). The number of carboxylic acids is 1. The SMILES string of the molecule is O=C(O)CNCCCC(Oc1cccc(C(=O)c2ccncc2)c1)c1ccc(Cl)cc1. The molecule has 6 nitrogen and oxygen atoms in total. The number of halogens is 1. The highest BCUT2D eigenvalue weighted by atomic mass is 35.5. The number of hydrogen-bond donors (Lipinski definition) is 2. The molecular weight excluding hydrogens is 416 g/mol. The predicted molar refractivity (Wildman–Crippen MR) is 119 cm³/mol. The summed E-state index contributed by atoms with van der Waals surface area (Å²) in [4.78, 5) is 27.3. The summed E-state index contributed by atoms with van der Waals surface area (Å²) in [5, 5.41) is 12.3. The molecule has 2 aromatic carbocycles. The monoisotopic (exact) mass is 438 g/mol. The van der Waals surface area contributed by atoms with Crippen LogP contribution in [0.15, 0.2) is 73.1 Å². The number of benzene rings is 2. The van der Waals surface area contributed by atoms with Gasteiger partial charge in [0.15, 0.2) is 5.78 Å². The summed E-state index contributed by atoms with van der Waals surface area (Å²) in [7, 11) is 0. The predicted octanol–water partition coefficient (Wildman–Crippen LogP) is 4.54. The third kappa shape index (κ3) is 6.91. The van der Waals surface area contributed by atoms with Gasteiger partial charge in [0.2, 0.25) is 0 Å². The Morgan fingerprint density at radius 3 is 2.48 bits per heavy atom. The lowest BCUT2D eigenvalue weighted by molar-refractivity contribution is -0.135. The minimum Gasteiger partial charge on any atom is -0.486 e. The van der Waals surface area contributed by atoms with Crippen LogP contribution in [-0.2, 0) is 4.79 Å². The summed E-state index contributed by atoms with van der Waals surface area (Å²) in [6.45, 7) is 0.478. The van der Waals surface area contributed by atoms with Crippen LogP contribution in [0.5, 0.6) is 5.75 Å². The summed E-state index contributed by atoms with van der Waals surface area (Å²) in [6.07, 6.45) is 4.29. The molecule has 0 aliphatic heterocycles. The highest BCUT2D eigenvalue weighted by Crippen LogP contribution is 2.28. The fraction of sp³-hybridized carbons (Fsp3) is 0.208. The molecule has 0 fully saturated rings. The molecule has 1 aromatic heterocycles. The van der Waals surface area contributed by atoms with Crippen LogP contribution in [0.25, 0.3) is 0 Å². The van der Waals surface area contributed by atoms with Gasteiger partial charge < -0.3 is 15.2 Å². The average Bonchev–Trinajstić information content (AvgIpc) is 2.79. The summed E-state index contributed by atoms with van der Waals surface area (Å²) in [5.41, 5.74) is 2.04. The van der Waals surface area contributed by atoms with E-state index in [4.69, 9.17) is 21.4 Å². The number of carbonyl (C=O) groups is 2. The van der Waals surface area contributed by atoms with Crippen molar-refractivity contribution in [3.8, 4) is 5.75 Å². The topological polar surface area (TPSA) is 88.5 Å². The van der Waals surface area contributed by atoms with Crippen molar-refractivity contribution in [1.82, 2.24) is 10.3 Å². The van der Waals surface area contributed by atoms with E-state index in [9.17, 15) is 9.59 Å². The molecule has 7 heteroatoms. The van der Waals surface area contributed by atoms with Crippen LogP contribution in [0, 0.1) is 0 Å². The maximum absolute atomic E-state index is 12.7. The third-order valence-electron chi connectivity index (χ3n) is 4.65. The van der Waals surface area contributed by atoms with Crippen molar-refractivity contribution in [1.29, 1.82) is 0 Å². The first-order valence-electron chi connectivity index (χ1n) is 9.92. The van der Waals surface area contributed by atoms with Crippen LogP contribution >= 0.6 is 11.6 Å². The van der Waals surface area contributed by atoms with Crippen molar-refractivity contribution in [3.63, 3.8) is 0 Å². The number of ketones is 1. The lowest BCUT2D eigenvalue weighted by atomic mass is 10.0. The van der Waals surface area contributed by atoms with Gasteiger partial charge in [0, 0.05) is 28.5 Å². The number of carbonyl (C=O) groups excluding carboxylic acids is 1. The van der Waals surface area contributed by atoms with Gasteiger partial charge in [-0.3, -0.25) is 14.6 Å². The molecule has 0 saturated heterocycles. The van der Waals surface area contributed by atoms with Crippen LogP contribution in [-0.4, -0.2) is 34.9 Å². The Morgan fingerprint density at radius 2 is 1.77 bits per heavy atom. The molecule has 2 N–H and O–H groups in total. The van der Waals surface area contributed by atoms with E-state index in [-0.39, 0.29) is 18.4 Å². The summed E-state index contributed by atoms with van der Waals surface area (Å²) in [6, 6.07) is 17.9. The molecule has 0 spiro atoms. The molecule has 0 bridgehead atoms. The van der Waals surface area contributed by atoms with Crippen molar-refractivity contribution in [3.05, 3.63) is 94.8 Å². The van der Waals surface area contributed by atoms with Gasteiger partial charge in [-0.1, -0.05) is 35.9 Å². The Labute approximate surface area is 185 Å². The number of aromatic nitrogens is 1. The van der Waals surface area contributed by atoms with Gasteiger partial charge in [-0.25, -0.2) is 0 Å². The van der Waals surface area contributed by atoms with Gasteiger partial charge in [-0.05, 0) is 61.3 Å². The molecule has 160 valence electrons. The van der Waals surface area contributed by atoms with E-state index in [1.54, 1.807) is 54.9 Å². The smallest absolute Gasteiger partial charge is 0.317 e. The molecule has 3 aromatic rings. The summed E-state index contributed by atoms with van der Waals surface area (Å²) < 4.78 is 6.24. The van der Waals surface area contributed by atoms with Crippen molar-refractivity contribution in [2.45, 2.75) is 18.9 Å². The fourth-order valence-electron chi connectivity index (χ4n) is 3.12. The van der Waals surface area contributed by atoms with Gasteiger partial charge in [0.25, 0.3) is 0 Å². The molecule has 1 unspecified atom stereocenters. The van der Waals surface area contributed by atoms with Gasteiger partial charge >= 0.3 is 5.97 Å². The van der Waals surface area contributed by atoms with Gasteiger partial charge in [-0.15, -0.1) is 0 Å². The van der Waals surface area contributed by atoms with E-state index in [2.05, 4.69) is 10.3 Å². The molecule has 0 amide bonds. The number of nitrogens with one attached hydrogen (secondary N) is 1. The normalized spacial score (nSPS) is 11.6. The van der Waals surface area contributed by atoms with Crippen LogP contribution < -0.4 is 10.1 Å². The van der Waals surface area contributed by atoms with Gasteiger partial charge in [0.1, 0.15) is 11.9 Å². The van der Waals surface area contributed by atoms with Crippen molar-refractivity contribution in [2.75, 3.05) is 13.1 Å². The minimum absolute atomic E-state index is 0.0777. The number of pyridine rings is 1. The van der Waals surface area contributed by atoms with E-state index in [1.165, 1.54) is 0 Å². The van der Waals surface area contributed by atoms with E-state index in [0.717, 1.165) is 12.0 Å². The number of nitrogens with zero attached hydrogens (tertiary/aromatic N) is 1. The van der Waals surface area contributed by atoms with Gasteiger partial charge in [0.05, 0.1) is 6.54 Å². The van der Waals surface area contributed by atoms with Gasteiger partial charge in [-0.2, -0.15) is 0 Å². The van der Waals surface area contributed by atoms with Crippen molar-refractivity contribution >= 4 is 23.4 Å². The van der Waals surface area contributed by atoms with E-state index in [0.29, 0.717) is 34.9 Å². The highest BCUT2D eigenvalue weighted by molar-refractivity contribution is 6.30.